The fraction of sp³-hybridized carbons (Fsp3) is 0.333. The molecule has 34 heavy (non-hydrogen) atoms. The molecule has 0 aromatic heterocycles. The Morgan fingerprint density at radius 3 is 1.82 bits per heavy atom. The predicted molar refractivity (Wildman–Crippen MR) is 129 cm³/mol. The molecule has 176 valence electrons. The smallest absolute Gasteiger partial charge is 0.185 e. The molecule has 1 heterocycles. The molecule has 0 saturated carbocycles. The summed E-state index contributed by atoms with van der Waals surface area (Å²) in [6.07, 6.45) is -2.13. The van der Waals surface area contributed by atoms with Crippen LogP contribution in [0.2, 0.25) is 0 Å². The number of ether oxygens (including phenoxy) is 4. The third-order valence-electron chi connectivity index (χ3n) is 5.78. The Labute approximate surface area is 199 Å². The van der Waals surface area contributed by atoms with Crippen molar-refractivity contribution >= 4 is 0 Å². The lowest BCUT2D eigenvalue weighted by atomic mass is 10.0. The molecule has 0 bridgehead atoms. The highest BCUT2D eigenvalue weighted by Crippen LogP contribution is 2.32. The fourth-order valence-corrected chi connectivity index (χ4v) is 3.97. The molecule has 0 spiro atoms. The third kappa shape index (κ3) is 6.44. The molecule has 1 unspecified atom stereocenters. The molecular formula is C27H29N3O4. The standard InChI is InChI=1S/C27H29N3O4/c1-20(31-17-21-11-5-2-6-12-21)25-24(29-30-28)26(32-18-22-13-7-3-8-14-22)27(34-25)33-19-23-15-9-4-10-16-23/h2-16,20,24-27H,17-19H2,1H3/t20-,24-,25+,26+,27?/m0/s1. The molecule has 7 heteroatoms. The first-order valence-corrected chi connectivity index (χ1v) is 11.4. The molecule has 0 aliphatic carbocycles. The molecular weight excluding hydrogens is 430 g/mol. The molecule has 0 radical (unpaired) electrons. The van der Waals surface area contributed by atoms with Crippen LogP contribution in [0.4, 0.5) is 0 Å². The van der Waals surface area contributed by atoms with Crippen LogP contribution in [-0.2, 0) is 38.8 Å². The third-order valence-corrected chi connectivity index (χ3v) is 5.78. The Balaban J connectivity index is 1.48. The van der Waals surface area contributed by atoms with Crippen molar-refractivity contribution in [2.24, 2.45) is 5.11 Å². The SMILES string of the molecule is C[C@H](OCc1ccccc1)[C@H]1OC(OCc2ccccc2)[C@H](OCc2ccccc2)[C@H]1N=[N+]=[N-]. The summed E-state index contributed by atoms with van der Waals surface area (Å²) in [4.78, 5) is 3.08. The van der Waals surface area contributed by atoms with Crippen LogP contribution in [-0.4, -0.2) is 30.6 Å². The van der Waals surface area contributed by atoms with Crippen LogP contribution in [0.15, 0.2) is 96.1 Å². The summed E-state index contributed by atoms with van der Waals surface area (Å²) in [5.74, 6) is 0. The Morgan fingerprint density at radius 2 is 1.29 bits per heavy atom. The van der Waals surface area contributed by atoms with Crippen LogP contribution in [0.25, 0.3) is 10.4 Å². The zero-order valence-corrected chi connectivity index (χ0v) is 19.1. The topological polar surface area (TPSA) is 85.7 Å². The highest BCUT2D eigenvalue weighted by Gasteiger charge is 2.48. The highest BCUT2D eigenvalue weighted by atomic mass is 16.7. The Bertz CT molecular complexity index is 1050. The van der Waals surface area contributed by atoms with E-state index in [0.717, 1.165) is 16.7 Å². The van der Waals surface area contributed by atoms with Crippen LogP contribution in [0.1, 0.15) is 23.6 Å². The molecule has 5 atom stereocenters. The van der Waals surface area contributed by atoms with Gasteiger partial charge in [-0.1, -0.05) is 96.1 Å². The maximum Gasteiger partial charge on any atom is 0.185 e. The molecule has 7 nitrogen and oxygen atoms in total. The minimum atomic E-state index is -0.702. The molecule has 1 aliphatic rings. The van der Waals surface area contributed by atoms with Gasteiger partial charge in [-0.25, -0.2) is 0 Å². The second-order valence-electron chi connectivity index (χ2n) is 8.22. The maximum atomic E-state index is 9.30. The molecule has 3 aromatic carbocycles. The first kappa shape index (κ1) is 24.0. The van der Waals surface area contributed by atoms with Gasteiger partial charge in [0, 0.05) is 4.91 Å². The van der Waals surface area contributed by atoms with Crippen molar-refractivity contribution < 1.29 is 18.9 Å². The van der Waals surface area contributed by atoms with Crippen molar-refractivity contribution in [3.63, 3.8) is 0 Å². The van der Waals surface area contributed by atoms with Crippen LogP contribution < -0.4 is 0 Å². The van der Waals surface area contributed by atoms with E-state index in [1.54, 1.807) is 0 Å². The maximum absolute atomic E-state index is 9.30. The van der Waals surface area contributed by atoms with Gasteiger partial charge in [-0.05, 0) is 29.1 Å². The summed E-state index contributed by atoms with van der Waals surface area (Å²) in [7, 11) is 0. The number of hydrogen-bond donors (Lipinski definition) is 0. The molecule has 3 aromatic rings. The normalized spacial score (nSPS) is 22.7. The minimum absolute atomic E-state index is 0.344. The van der Waals surface area contributed by atoms with E-state index < -0.39 is 24.5 Å². The lowest BCUT2D eigenvalue weighted by Gasteiger charge is -2.23. The van der Waals surface area contributed by atoms with Gasteiger partial charge >= 0.3 is 0 Å². The number of rotatable bonds is 11. The van der Waals surface area contributed by atoms with Crippen LogP contribution in [0, 0.1) is 0 Å². The van der Waals surface area contributed by atoms with Crippen molar-refractivity contribution in [2.45, 2.75) is 57.4 Å². The minimum Gasteiger partial charge on any atom is -0.371 e. The molecule has 0 N–H and O–H groups in total. The van der Waals surface area contributed by atoms with Crippen molar-refractivity contribution in [1.82, 2.24) is 0 Å². The van der Waals surface area contributed by atoms with E-state index in [2.05, 4.69) is 10.0 Å². The number of benzene rings is 3. The van der Waals surface area contributed by atoms with Gasteiger partial charge in [-0.2, -0.15) is 0 Å². The van der Waals surface area contributed by atoms with E-state index in [0.29, 0.717) is 19.8 Å². The summed E-state index contributed by atoms with van der Waals surface area (Å²) in [5.41, 5.74) is 12.4. The molecule has 0 amide bonds. The summed E-state index contributed by atoms with van der Waals surface area (Å²) in [5, 5.41) is 4.05. The van der Waals surface area contributed by atoms with Gasteiger partial charge in [-0.3, -0.25) is 0 Å². The van der Waals surface area contributed by atoms with Crippen molar-refractivity contribution in [2.75, 3.05) is 0 Å². The van der Waals surface area contributed by atoms with Crippen molar-refractivity contribution in [3.05, 3.63) is 118 Å². The summed E-state index contributed by atoms with van der Waals surface area (Å²) < 4.78 is 24.7. The van der Waals surface area contributed by atoms with Gasteiger partial charge < -0.3 is 18.9 Å². The molecule has 1 saturated heterocycles. The van der Waals surface area contributed by atoms with Crippen LogP contribution in [0.5, 0.6) is 0 Å². The monoisotopic (exact) mass is 459 g/mol. The average Bonchev–Trinajstić information content (AvgIpc) is 3.24. The second-order valence-corrected chi connectivity index (χ2v) is 8.22. The van der Waals surface area contributed by atoms with E-state index >= 15 is 0 Å². The Hall–Kier alpha value is -3.19. The average molecular weight is 460 g/mol. The predicted octanol–water partition coefficient (Wildman–Crippen LogP) is 5.80. The quantitative estimate of drug-likeness (QED) is 0.206. The molecule has 4 rings (SSSR count). The van der Waals surface area contributed by atoms with Gasteiger partial charge in [0.25, 0.3) is 0 Å². The van der Waals surface area contributed by atoms with E-state index in [4.69, 9.17) is 18.9 Å². The van der Waals surface area contributed by atoms with Gasteiger partial charge in [-0.15, -0.1) is 0 Å². The lowest BCUT2D eigenvalue weighted by Crippen LogP contribution is -2.39. The second kappa shape index (κ2) is 12.3. The van der Waals surface area contributed by atoms with Gasteiger partial charge in [0.15, 0.2) is 6.29 Å². The van der Waals surface area contributed by atoms with Crippen molar-refractivity contribution in [3.8, 4) is 0 Å². The van der Waals surface area contributed by atoms with Gasteiger partial charge in [0.05, 0.1) is 38.1 Å². The lowest BCUT2D eigenvalue weighted by molar-refractivity contribution is -0.196. The summed E-state index contributed by atoms with van der Waals surface area (Å²) in [6.45, 7) is 3.05. The molecule has 1 aliphatic heterocycles. The van der Waals surface area contributed by atoms with Gasteiger partial charge in [0.1, 0.15) is 6.10 Å². The zero-order chi connectivity index (χ0) is 23.6. The van der Waals surface area contributed by atoms with E-state index in [1.165, 1.54) is 0 Å². The van der Waals surface area contributed by atoms with E-state index in [1.807, 2.05) is 97.9 Å². The Morgan fingerprint density at radius 1 is 0.794 bits per heavy atom. The number of hydrogen-bond acceptors (Lipinski definition) is 5. The first-order chi connectivity index (χ1) is 16.7. The number of azide groups is 1. The van der Waals surface area contributed by atoms with Crippen LogP contribution in [0.3, 0.4) is 0 Å². The fourth-order valence-electron chi connectivity index (χ4n) is 3.97. The highest BCUT2D eigenvalue weighted by molar-refractivity contribution is 5.15. The first-order valence-electron chi connectivity index (χ1n) is 11.4. The van der Waals surface area contributed by atoms with E-state index in [-0.39, 0.29) is 6.10 Å². The van der Waals surface area contributed by atoms with Crippen molar-refractivity contribution in [1.29, 1.82) is 0 Å². The van der Waals surface area contributed by atoms with Crippen LogP contribution >= 0.6 is 0 Å². The van der Waals surface area contributed by atoms with Gasteiger partial charge in [0.2, 0.25) is 0 Å². The van der Waals surface area contributed by atoms with E-state index in [9.17, 15) is 5.53 Å². The number of nitrogens with zero attached hydrogens (tertiary/aromatic N) is 3. The summed E-state index contributed by atoms with van der Waals surface area (Å²) in [6, 6.07) is 29.0. The summed E-state index contributed by atoms with van der Waals surface area (Å²) >= 11 is 0. The molecule has 1 fully saturated rings. The zero-order valence-electron chi connectivity index (χ0n) is 19.1. The largest absolute Gasteiger partial charge is 0.371 e. The Kier molecular flexibility index (Phi) is 8.68.